The lowest BCUT2D eigenvalue weighted by atomic mass is 9.70. The molecule has 0 saturated heterocycles. The van der Waals surface area contributed by atoms with E-state index in [0.717, 1.165) is 11.8 Å². The van der Waals surface area contributed by atoms with Crippen LogP contribution in [-0.4, -0.2) is 11.2 Å². The molecule has 1 heteroatoms. The second-order valence-corrected chi connectivity index (χ2v) is 5.56. The van der Waals surface area contributed by atoms with Crippen molar-refractivity contribution in [2.75, 3.05) is 0 Å². The molecule has 0 heterocycles. The summed E-state index contributed by atoms with van der Waals surface area (Å²) in [6.07, 6.45) is 1.31. The second kappa shape index (κ2) is 1.28. The lowest BCUT2D eigenvalue weighted by Gasteiger charge is -2.36. The van der Waals surface area contributed by atoms with Gasteiger partial charge in [0.25, 0.3) is 0 Å². The maximum Gasteiger partial charge on any atom is 0.0632 e. The quantitative estimate of drug-likeness (QED) is 0.559. The van der Waals surface area contributed by atoms with Crippen molar-refractivity contribution in [3.8, 4) is 0 Å². The van der Waals surface area contributed by atoms with Crippen LogP contribution in [0.2, 0.25) is 0 Å². The van der Waals surface area contributed by atoms with Crippen LogP contribution in [0.1, 0.15) is 27.2 Å². The predicted octanol–water partition coefficient (Wildman–Crippen LogP) is 1.66. The van der Waals surface area contributed by atoms with Crippen LogP contribution >= 0.6 is 0 Å². The van der Waals surface area contributed by atoms with Crippen molar-refractivity contribution in [2.24, 2.45) is 28.6 Å². The third-order valence-corrected chi connectivity index (χ3v) is 5.21. The van der Waals surface area contributed by atoms with E-state index in [-0.39, 0.29) is 11.5 Å². The Labute approximate surface area is 67.8 Å². The van der Waals surface area contributed by atoms with Crippen LogP contribution < -0.4 is 0 Å². The van der Waals surface area contributed by atoms with E-state index < -0.39 is 0 Å². The SMILES string of the molecule is CC1(C)[C@H]2[C@H]3C[C@]1(C)[C@H](O)[C@H]32. The zero-order valence-electron chi connectivity index (χ0n) is 7.46. The van der Waals surface area contributed by atoms with Gasteiger partial charge in [0.1, 0.15) is 0 Å². The minimum absolute atomic E-state index is 0.0208. The largest absolute Gasteiger partial charge is 0.392 e. The van der Waals surface area contributed by atoms with Gasteiger partial charge in [-0.05, 0) is 35.0 Å². The van der Waals surface area contributed by atoms with E-state index in [4.69, 9.17) is 0 Å². The van der Waals surface area contributed by atoms with Crippen molar-refractivity contribution in [2.45, 2.75) is 33.3 Å². The molecule has 4 fully saturated rings. The monoisotopic (exact) mass is 152 g/mol. The highest BCUT2D eigenvalue weighted by Crippen LogP contribution is 2.83. The van der Waals surface area contributed by atoms with Crippen molar-refractivity contribution in [1.29, 1.82) is 0 Å². The predicted molar refractivity (Wildman–Crippen MR) is 43.0 cm³/mol. The first-order valence-electron chi connectivity index (χ1n) is 4.68. The summed E-state index contributed by atoms with van der Waals surface area (Å²) >= 11 is 0. The lowest BCUT2D eigenvalue weighted by Crippen LogP contribution is -2.35. The Bertz CT molecular complexity index is 231. The summed E-state index contributed by atoms with van der Waals surface area (Å²) in [6, 6.07) is 0. The molecule has 0 amide bonds. The van der Waals surface area contributed by atoms with E-state index in [1.807, 2.05) is 0 Å². The Morgan fingerprint density at radius 2 is 1.91 bits per heavy atom. The van der Waals surface area contributed by atoms with Gasteiger partial charge in [0.15, 0.2) is 0 Å². The molecule has 0 unspecified atom stereocenters. The molecule has 0 aromatic carbocycles. The van der Waals surface area contributed by atoms with Crippen molar-refractivity contribution in [3.63, 3.8) is 0 Å². The molecule has 5 atom stereocenters. The maximum atomic E-state index is 9.94. The third-order valence-electron chi connectivity index (χ3n) is 5.21. The summed E-state index contributed by atoms with van der Waals surface area (Å²) in [5.41, 5.74) is 0.675. The van der Waals surface area contributed by atoms with Gasteiger partial charge in [-0.1, -0.05) is 20.8 Å². The van der Waals surface area contributed by atoms with E-state index >= 15 is 0 Å². The highest BCUT2D eigenvalue weighted by molar-refractivity contribution is 5.29. The fourth-order valence-corrected chi connectivity index (χ4v) is 4.17. The molecule has 62 valence electrons. The van der Waals surface area contributed by atoms with E-state index in [0.29, 0.717) is 11.3 Å². The van der Waals surface area contributed by atoms with Gasteiger partial charge < -0.3 is 5.11 Å². The second-order valence-electron chi connectivity index (χ2n) is 5.56. The van der Waals surface area contributed by atoms with Crippen molar-refractivity contribution in [1.82, 2.24) is 0 Å². The van der Waals surface area contributed by atoms with Crippen LogP contribution in [0.15, 0.2) is 0 Å². The van der Waals surface area contributed by atoms with E-state index in [1.54, 1.807) is 0 Å². The van der Waals surface area contributed by atoms with Crippen LogP contribution in [0.25, 0.3) is 0 Å². The van der Waals surface area contributed by atoms with Crippen molar-refractivity contribution >= 4 is 0 Å². The van der Waals surface area contributed by atoms with Gasteiger partial charge >= 0.3 is 0 Å². The number of rotatable bonds is 0. The highest BCUT2D eigenvalue weighted by atomic mass is 16.3. The van der Waals surface area contributed by atoms with Crippen LogP contribution in [0.4, 0.5) is 0 Å². The molecule has 0 aromatic rings. The molecule has 4 aliphatic carbocycles. The standard InChI is InChI=1S/C10H16O/c1-9(2)7-5-4-10(9,3)8(11)6(5)7/h5-8,11H,4H2,1-3H3/t5-,6+,7-,8+,10+/m0/s1. The molecule has 11 heavy (non-hydrogen) atoms. The fourth-order valence-electron chi connectivity index (χ4n) is 4.17. The molecule has 0 radical (unpaired) electrons. The smallest absolute Gasteiger partial charge is 0.0632 e. The number of aliphatic hydroxyl groups is 1. The van der Waals surface area contributed by atoms with Gasteiger partial charge in [-0.15, -0.1) is 0 Å². The Balaban J connectivity index is 2.16. The Hall–Kier alpha value is -0.0400. The summed E-state index contributed by atoms with van der Waals surface area (Å²) in [6.45, 7) is 6.96. The molecular weight excluding hydrogens is 136 g/mol. The number of hydrogen-bond donors (Lipinski definition) is 1. The van der Waals surface area contributed by atoms with Crippen molar-refractivity contribution in [3.05, 3.63) is 0 Å². The highest BCUT2D eigenvalue weighted by Gasteiger charge is 2.81. The molecular formula is C10H16O. The Morgan fingerprint density at radius 1 is 1.27 bits per heavy atom. The van der Waals surface area contributed by atoms with Gasteiger partial charge in [-0.3, -0.25) is 0 Å². The molecule has 1 nitrogen and oxygen atoms in total. The average molecular weight is 152 g/mol. The summed E-state index contributed by atoms with van der Waals surface area (Å²) < 4.78 is 0. The zero-order chi connectivity index (χ0) is 8.02. The van der Waals surface area contributed by atoms with E-state index in [2.05, 4.69) is 20.8 Å². The molecule has 1 N–H and O–H groups in total. The first kappa shape index (κ1) is 6.47. The molecule has 4 saturated carbocycles. The number of aliphatic hydroxyl groups excluding tert-OH is 1. The van der Waals surface area contributed by atoms with E-state index in [9.17, 15) is 5.11 Å². The van der Waals surface area contributed by atoms with Gasteiger partial charge in [0.2, 0.25) is 0 Å². The summed E-state index contributed by atoms with van der Waals surface area (Å²) in [5.74, 6) is 2.45. The van der Waals surface area contributed by atoms with Gasteiger partial charge in [-0.2, -0.15) is 0 Å². The van der Waals surface area contributed by atoms with Crippen LogP contribution in [-0.2, 0) is 0 Å². The summed E-state index contributed by atoms with van der Waals surface area (Å²) in [7, 11) is 0. The van der Waals surface area contributed by atoms with E-state index in [1.165, 1.54) is 6.42 Å². The topological polar surface area (TPSA) is 20.2 Å². The van der Waals surface area contributed by atoms with Crippen LogP contribution in [0.5, 0.6) is 0 Å². The van der Waals surface area contributed by atoms with Gasteiger partial charge in [0, 0.05) is 0 Å². The average Bonchev–Trinajstić information content (AvgIpc) is 2.43. The normalized spacial score (nSPS) is 68.7. The first-order valence-corrected chi connectivity index (χ1v) is 4.68. The summed E-state index contributed by atoms with van der Waals surface area (Å²) in [4.78, 5) is 0. The molecule has 0 aliphatic heterocycles. The summed E-state index contributed by atoms with van der Waals surface area (Å²) in [5, 5.41) is 9.94. The lowest BCUT2D eigenvalue weighted by molar-refractivity contribution is 0.0184. The maximum absolute atomic E-state index is 9.94. The van der Waals surface area contributed by atoms with Crippen molar-refractivity contribution < 1.29 is 5.11 Å². The number of hydrogen-bond acceptors (Lipinski definition) is 1. The Kier molecular flexibility index (Phi) is 0.755. The third kappa shape index (κ3) is 0.395. The molecule has 0 aromatic heterocycles. The zero-order valence-corrected chi connectivity index (χ0v) is 7.46. The van der Waals surface area contributed by atoms with Gasteiger partial charge in [-0.25, -0.2) is 0 Å². The van der Waals surface area contributed by atoms with Crippen LogP contribution in [0, 0.1) is 28.6 Å². The fraction of sp³-hybridized carbons (Fsp3) is 1.00. The molecule has 4 bridgehead atoms. The molecule has 0 spiro atoms. The molecule has 4 aliphatic rings. The Morgan fingerprint density at radius 3 is 2.00 bits per heavy atom. The van der Waals surface area contributed by atoms with Gasteiger partial charge in [0.05, 0.1) is 6.10 Å². The van der Waals surface area contributed by atoms with Crippen LogP contribution in [0.3, 0.4) is 0 Å². The minimum Gasteiger partial charge on any atom is -0.392 e. The molecule has 4 rings (SSSR count). The first-order chi connectivity index (χ1) is 5.00. The minimum atomic E-state index is 0.0208.